The molecule has 0 aromatic rings. The third-order valence-corrected chi connectivity index (χ3v) is 13.4. The molecule has 2 unspecified atom stereocenters. The molecule has 1 heterocycles. The van der Waals surface area contributed by atoms with Crippen LogP contribution in [-0.2, 0) is 52.3 Å². The van der Waals surface area contributed by atoms with Crippen LogP contribution < -0.4 is 5.32 Å². The van der Waals surface area contributed by atoms with Gasteiger partial charge in [0, 0.05) is 52.0 Å². The summed E-state index contributed by atoms with van der Waals surface area (Å²) in [5.41, 5.74) is 0. The smallest absolute Gasteiger partial charge is 0.407 e. The summed E-state index contributed by atoms with van der Waals surface area (Å²) in [4.78, 5) is 67.3. The van der Waals surface area contributed by atoms with Crippen LogP contribution in [0, 0.1) is 5.92 Å². The largest absolute Gasteiger partial charge is 0.465 e. The fourth-order valence-corrected chi connectivity index (χ4v) is 8.75. The molecule has 1 N–H and O–H groups in total. The molecule has 0 aromatic heterocycles. The van der Waals surface area contributed by atoms with Gasteiger partial charge in [-0.2, -0.15) is 0 Å². The zero-order valence-electron chi connectivity index (χ0n) is 48.2. The lowest BCUT2D eigenvalue weighted by Crippen LogP contribution is -2.35. The summed E-state index contributed by atoms with van der Waals surface area (Å²) >= 11 is 0. The first-order valence-electron chi connectivity index (χ1n) is 30.2. The Bertz CT molecular complexity index is 1490. The third-order valence-electron chi connectivity index (χ3n) is 13.4. The van der Waals surface area contributed by atoms with Gasteiger partial charge in [0.1, 0.15) is 32.0 Å². The molecule has 1 aliphatic heterocycles. The van der Waals surface area contributed by atoms with Crippen LogP contribution in [0.15, 0.2) is 49.6 Å². The van der Waals surface area contributed by atoms with Crippen LogP contribution in [0.1, 0.15) is 233 Å². The topological polar surface area (TPSA) is 165 Å². The highest BCUT2D eigenvalue weighted by Gasteiger charge is 2.22. The Morgan fingerprint density at radius 1 is 0.500 bits per heavy atom. The minimum absolute atomic E-state index is 0.0246. The van der Waals surface area contributed by atoms with Gasteiger partial charge in [0.15, 0.2) is 6.29 Å². The molecule has 76 heavy (non-hydrogen) atoms. The number of amides is 1. The number of nitrogens with one attached hydrogen (secondary N) is 1. The summed E-state index contributed by atoms with van der Waals surface area (Å²) in [7, 11) is 0. The number of likely N-dealkylation sites (tertiary alicyclic amines) is 1. The molecule has 0 bridgehead atoms. The fraction of sp³-hybridized carbons (Fsp3) is 0.790. The molecule has 2 atom stereocenters. The number of allylic oxidation sites excluding steroid dienone is 6. The highest BCUT2D eigenvalue weighted by molar-refractivity contribution is 5.71. The van der Waals surface area contributed by atoms with E-state index in [1.54, 1.807) is 0 Å². The molecule has 0 aromatic carbocycles. The molecule has 14 nitrogen and oxygen atoms in total. The Labute approximate surface area is 461 Å². The van der Waals surface area contributed by atoms with Crippen LogP contribution in [0.5, 0.6) is 0 Å². The van der Waals surface area contributed by atoms with E-state index in [-0.39, 0.29) is 51.2 Å². The Balaban J connectivity index is 2.84. The number of ether oxygens (including phenoxy) is 7. The molecule has 1 fully saturated rings. The second kappa shape index (κ2) is 51.7. The number of carbonyl (C=O) groups is 5. The Hall–Kier alpha value is -4.01. The predicted molar refractivity (Wildman–Crippen MR) is 305 cm³/mol. The van der Waals surface area contributed by atoms with Crippen LogP contribution in [0.25, 0.3) is 0 Å². The molecule has 1 amide bonds. The highest BCUT2D eigenvalue weighted by Crippen LogP contribution is 2.19. The van der Waals surface area contributed by atoms with Crippen LogP contribution in [0.2, 0.25) is 0 Å². The van der Waals surface area contributed by atoms with Gasteiger partial charge < -0.3 is 43.4 Å². The summed E-state index contributed by atoms with van der Waals surface area (Å²) in [6.07, 6.45) is 37.7. The Morgan fingerprint density at radius 3 is 1.50 bits per heavy atom. The second-order valence-corrected chi connectivity index (χ2v) is 20.4. The lowest BCUT2D eigenvalue weighted by atomic mass is 10.0. The van der Waals surface area contributed by atoms with Gasteiger partial charge in [-0.05, 0) is 161 Å². The average Bonchev–Trinajstić information content (AvgIpc) is 3.94. The second-order valence-electron chi connectivity index (χ2n) is 20.4. The van der Waals surface area contributed by atoms with Crippen molar-refractivity contribution in [1.29, 1.82) is 0 Å². The summed E-state index contributed by atoms with van der Waals surface area (Å²) in [5, 5.41) is 2.86. The first-order valence-corrected chi connectivity index (χ1v) is 30.2. The van der Waals surface area contributed by atoms with Gasteiger partial charge in [0.05, 0.1) is 12.3 Å². The van der Waals surface area contributed by atoms with E-state index in [4.69, 9.17) is 33.2 Å². The summed E-state index contributed by atoms with van der Waals surface area (Å²) in [5.74, 6) is -2.19. The van der Waals surface area contributed by atoms with Gasteiger partial charge in [0.2, 0.25) is 0 Å². The maximum absolute atomic E-state index is 13.2. The maximum Gasteiger partial charge on any atom is 0.407 e. The number of unbranched alkanes of at least 4 members (excludes halogenated alkanes) is 14. The number of hydrogen-bond acceptors (Lipinski definition) is 13. The first kappa shape index (κ1) is 70.0. The van der Waals surface area contributed by atoms with Crippen LogP contribution in [0.4, 0.5) is 4.79 Å². The van der Waals surface area contributed by atoms with Gasteiger partial charge >= 0.3 is 30.0 Å². The summed E-state index contributed by atoms with van der Waals surface area (Å²) < 4.78 is 41.0. The number of hydrogen-bond donors (Lipinski definition) is 1. The predicted octanol–water partition coefficient (Wildman–Crippen LogP) is 14.3. The van der Waals surface area contributed by atoms with Gasteiger partial charge in [0.25, 0.3) is 0 Å². The van der Waals surface area contributed by atoms with Crippen molar-refractivity contribution in [2.75, 3.05) is 59.2 Å². The first-order chi connectivity index (χ1) is 37.1. The van der Waals surface area contributed by atoms with E-state index in [9.17, 15) is 24.0 Å². The molecule has 0 spiro atoms. The summed E-state index contributed by atoms with van der Waals surface area (Å²) in [6, 6.07) is 0. The standard InChI is InChI=1S/C62H108N2O12/c1-6-11-16-20-24-34-49-70-61(71-50-35-25-21-17-12-7-2)44-43-59(67)74-53-54(52-73-58(66)42-41-56(36-27-15-10-5)76-62(69)63-45-48-64-46-32-33-47-64)51-72-57(65)39-30-26-31-40-60(68)75-55(37-28-22-18-13-8-3)38-29-23-19-14-9-4/h8-9,11-12,16-17,54-56,61H,3-4,6-7,10,13-15,18-53H2,1-2,5H3,(H,63,69)/b16-11-,17-12-. The number of alkyl carbamates (subject to hydrolysis) is 1. The Morgan fingerprint density at radius 2 is 0.974 bits per heavy atom. The van der Waals surface area contributed by atoms with E-state index in [0.29, 0.717) is 64.7 Å². The van der Waals surface area contributed by atoms with Gasteiger partial charge in [-0.25, -0.2) is 4.79 Å². The van der Waals surface area contributed by atoms with E-state index < -0.39 is 42.3 Å². The van der Waals surface area contributed by atoms with Gasteiger partial charge in [-0.1, -0.05) is 89.3 Å². The monoisotopic (exact) mass is 1070 g/mol. The van der Waals surface area contributed by atoms with Crippen molar-refractivity contribution in [3.05, 3.63) is 49.6 Å². The van der Waals surface area contributed by atoms with Crippen molar-refractivity contribution < 1.29 is 57.1 Å². The van der Waals surface area contributed by atoms with Crippen molar-refractivity contribution in [3.63, 3.8) is 0 Å². The lowest BCUT2D eigenvalue weighted by molar-refractivity contribution is -0.162. The normalized spacial score (nSPS) is 13.6. The Kier molecular flexibility index (Phi) is 47.6. The molecule has 438 valence electrons. The van der Waals surface area contributed by atoms with E-state index in [2.05, 4.69) is 68.4 Å². The third kappa shape index (κ3) is 44.0. The lowest BCUT2D eigenvalue weighted by Gasteiger charge is -2.20. The van der Waals surface area contributed by atoms with Gasteiger partial charge in [-0.15, -0.1) is 13.2 Å². The van der Waals surface area contributed by atoms with E-state index in [1.165, 1.54) is 12.8 Å². The van der Waals surface area contributed by atoms with E-state index >= 15 is 0 Å². The number of nitrogens with zero attached hydrogens (tertiary/aromatic N) is 1. The summed E-state index contributed by atoms with van der Waals surface area (Å²) in [6.45, 7) is 18.0. The molecule has 14 heteroatoms. The molecule has 0 radical (unpaired) electrons. The van der Waals surface area contributed by atoms with Crippen molar-refractivity contribution in [1.82, 2.24) is 10.2 Å². The minimum atomic E-state index is -0.617. The average molecular weight is 1070 g/mol. The zero-order valence-corrected chi connectivity index (χ0v) is 48.2. The molecule has 0 aliphatic carbocycles. The molecule has 1 saturated heterocycles. The SMILES string of the molecule is C=CCCCCCC(CCCCCC=C)OC(=O)CCCCCC(=O)OCC(COC(=O)CCC(CCCCC)OC(=O)NCCN1CCCC1)COC(=O)CCC(OCCCC/C=C\CC)OCCCC/C=C\CC. The minimum Gasteiger partial charge on any atom is -0.465 e. The van der Waals surface area contributed by atoms with E-state index in [0.717, 1.165) is 154 Å². The molecule has 1 rings (SSSR count). The van der Waals surface area contributed by atoms with Crippen LogP contribution >= 0.6 is 0 Å². The number of esters is 4. The quantitative estimate of drug-likeness (QED) is 0.0201. The van der Waals surface area contributed by atoms with E-state index in [1.807, 2.05) is 12.2 Å². The maximum atomic E-state index is 13.2. The highest BCUT2D eigenvalue weighted by atomic mass is 16.7. The molecule has 0 saturated carbocycles. The van der Waals surface area contributed by atoms with Crippen molar-refractivity contribution in [2.24, 2.45) is 5.92 Å². The number of rotatable bonds is 53. The van der Waals surface area contributed by atoms with Crippen LogP contribution in [-0.4, -0.2) is 113 Å². The zero-order chi connectivity index (χ0) is 55.4. The molecular formula is C62H108N2O12. The van der Waals surface area contributed by atoms with Crippen molar-refractivity contribution >= 4 is 30.0 Å². The molecular weight excluding hydrogens is 965 g/mol. The fourth-order valence-electron chi connectivity index (χ4n) is 8.75. The van der Waals surface area contributed by atoms with Crippen molar-refractivity contribution in [2.45, 2.75) is 251 Å². The molecule has 1 aliphatic rings. The van der Waals surface area contributed by atoms with Crippen LogP contribution in [0.3, 0.4) is 0 Å². The number of carbonyl (C=O) groups excluding carboxylic acids is 5. The van der Waals surface area contributed by atoms with Crippen molar-refractivity contribution in [3.8, 4) is 0 Å². The van der Waals surface area contributed by atoms with Gasteiger partial charge in [-0.3, -0.25) is 19.2 Å².